The summed E-state index contributed by atoms with van der Waals surface area (Å²) in [4.78, 5) is 22.4. The van der Waals surface area contributed by atoms with Crippen molar-refractivity contribution in [2.75, 3.05) is 5.32 Å². The number of anilines is 1. The summed E-state index contributed by atoms with van der Waals surface area (Å²) in [6, 6.07) is 11.7. The van der Waals surface area contributed by atoms with Gasteiger partial charge in [-0.25, -0.2) is 9.18 Å². The molecule has 0 fully saturated rings. The van der Waals surface area contributed by atoms with E-state index in [-0.39, 0.29) is 11.3 Å². The van der Waals surface area contributed by atoms with Gasteiger partial charge in [0.2, 0.25) is 0 Å². The molecule has 1 amide bonds. The van der Waals surface area contributed by atoms with E-state index in [1.807, 2.05) is 0 Å². The van der Waals surface area contributed by atoms with Crippen molar-refractivity contribution in [2.24, 2.45) is 0 Å². The molecule has 0 aliphatic heterocycles. The second-order valence-electron chi connectivity index (χ2n) is 3.82. The van der Waals surface area contributed by atoms with E-state index in [1.165, 1.54) is 12.1 Å². The SMILES string of the molecule is O=C(O)c1ccc(NC(=O)c2ccccc2)c(F)c1. The van der Waals surface area contributed by atoms with Gasteiger partial charge in [0.05, 0.1) is 11.3 Å². The average Bonchev–Trinajstić information content (AvgIpc) is 2.41. The molecule has 2 aromatic carbocycles. The summed E-state index contributed by atoms with van der Waals surface area (Å²) in [7, 11) is 0. The van der Waals surface area contributed by atoms with Crippen molar-refractivity contribution in [3.8, 4) is 0 Å². The minimum Gasteiger partial charge on any atom is -0.478 e. The second kappa shape index (κ2) is 5.30. The molecule has 0 spiro atoms. The van der Waals surface area contributed by atoms with Crippen LogP contribution >= 0.6 is 0 Å². The Labute approximate surface area is 108 Å². The van der Waals surface area contributed by atoms with Crippen LogP contribution in [0.1, 0.15) is 20.7 Å². The van der Waals surface area contributed by atoms with Gasteiger partial charge in [-0.15, -0.1) is 0 Å². The summed E-state index contributed by atoms with van der Waals surface area (Å²) in [6.45, 7) is 0. The molecular weight excluding hydrogens is 249 g/mol. The Kier molecular flexibility index (Phi) is 3.56. The summed E-state index contributed by atoms with van der Waals surface area (Å²) in [6.07, 6.45) is 0. The fraction of sp³-hybridized carbons (Fsp3) is 0. The molecule has 0 aromatic heterocycles. The lowest BCUT2D eigenvalue weighted by molar-refractivity contribution is 0.0696. The van der Waals surface area contributed by atoms with Gasteiger partial charge in [-0.3, -0.25) is 4.79 Å². The van der Waals surface area contributed by atoms with Crippen molar-refractivity contribution in [3.05, 3.63) is 65.5 Å². The smallest absolute Gasteiger partial charge is 0.335 e. The highest BCUT2D eigenvalue weighted by atomic mass is 19.1. The largest absolute Gasteiger partial charge is 0.478 e. The van der Waals surface area contributed by atoms with Crippen LogP contribution in [0.2, 0.25) is 0 Å². The third kappa shape index (κ3) is 2.95. The Morgan fingerprint density at radius 1 is 1.00 bits per heavy atom. The number of rotatable bonds is 3. The average molecular weight is 259 g/mol. The zero-order chi connectivity index (χ0) is 13.8. The Hall–Kier alpha value is -2.69. The van der Waals surface area contributed by atoms with Crippen LogP contribution in [0.25, 0.3) is 0 Å². The van der Waals surface area contributed by atoms with E-state index >= 15 is 0 Å². The van der Waals surface area contributed by atoms with Crippen LogP contribution in [0.15, 0.2) is 48.5 Å². The van der Waals surface area contributed by atoms with Gasteiger partial charge in [-0.2, -0.15) is 0 Å². The molecule has 96 valence electrons. The maximum Gasteiger partial charge on any atom is 0.335 e. The summed E-state index contributed by atoms with van der Waals surface area (Å²) < 4.78 is 13.6. The highest BCUT2D eigenvalue weighted by Gasteiger charge is 2.11. The molecule has 0 radical (unpaired) electrons. The molecule has 5 heteroatoms. The van der Waals surface area contributed by atoms with Crippen molar-refractivity contribution in [1.82, 2.24) is 0 Å². The monoisotopic (exact) mass is 259 g/mol. The van der Waals surface area contributed by atoms with Gasteiger partial charge in [0.25, 0.3) is 5.91 Å². The normalized spacial score (nSPS) is 9.95. The molecular formula is C14H10FNO3. The van der Waals surface area contributed by atoms with Gasteiger partial charge in [-0.05, 0) is 30.3 Å². The molecule has 0 saturated carbocycles. The molecule has 2 aromatic rings. The number of carboxylic acid groups (broad SMARTS) is 1. The van der Waals surface area contributed by atoms with Gasteiger partial charge >= 0.3 is 5.97 Å². The van der Waals surface area contributed by atoms with E-state index < -0.39 is 17.7 Å². The Morgan fingerprint density at radius 2 is 1.68 bits per heavy atom. The topological polar surface area (TPSA) is 66.4 Å². The zero-order valence-corrected chi connectivity index (χ0v) is 9.76. The third-order valence-electron chi connectivity index (χ3n) is 2.50. The first-order valence-corrected chi connectivity index (χ1v) is 5.47. The molecule has 0 atom stereocenters. The van der Waals surface area contributed by atoms with Crippen LogP contribution < -0.4 is 5.32 Å². The Morgan fingerprint density at radius 3 is 2.26 bits per heavy atom. The van der Waals surface area contributed by atoms with Crippen LogP contribution in [-0.4, -0.2) is 17.0 Å². The highest BCUT2D eigenvalue weighted by Crippen LogP contribution is 2.17. The summed E-state index contributed by atoms with van der Waals surface area (Å²) in [5.74, 6) is -2.47. The van der Waals surface area contributed by atoms with Crippen molar-refractivity contribution >= 4 is 17.6 Å². The molecule has 0 heterocycles. The molecule has 0 unspecified atom stereocenters. The minimum atomic E-state index is -1.22. The first-order chi connectivity index (χ1) is 9.08. The first-order valence-electron chi connectivity index (χ1n) is 5.47. The number of nitrogens with one attached hydrogen (secondary N) is 1. The quantitative estimate of drug-likeness (QED) is 0.890. The number of carboxylic acids is 1. The number of carbonyl (C=O) groups excluding carboxylic acids is 1. The third-order valence-corrected chi connectivity index (χ3v) is 2.50. The number of benzene rings is 2. The van der Waals surface area contributed by atoms with Crippen LogP contribution in [0.4, 0.5) is 10.1 Å². The van der Waals surface area contributed by atoms with Crippen molar-refractivity contribution < 1.29 is 19.1 Å². The molecule has 0 saturated heterocycles. The van der Waals surface area contributed by atoms with E-state index in [4.69, 9.17) is 5.11 Å². The maximum absolute atomic E-state index is 13.6. The number of hydrogen-bond donors (Lipinski definition) is 2. The molecule has 19 heavy (non-hydrogen) atoms. The van der Waals surface area contributed by atoms with Crippen LogP contribution in [0.5, 0.6) is 0 Å². The van der Waals surface area contributed by atoms with Crippen molar-refractivity contribution in [2.45, 2.75) is 0 Å². The predicted molar refractivity (Wildman–Crippen MR) is 67.8 cm³/mol. The lowest BCUT2D eigenvalue weighted by Crippen LogP contribution is -2.13. The summed E-state index contributed by atoms with van der Waals surface area (Å²) >= 11 is 0. The minimum absolute atomic E-state index is 0.0566. The van der Waals surface area contributed by atoms with Gasteiger partial charge < -0.3 is 10.4 Å². The molecule has 0 aliphatic rings. The molecule has 2 N–H and O–H groups in total. The van der Waals surface area contributed by atoms with Crippen LogP contribution in [-0.2, 0) is 0 Å². The maximum atomic E-state index is 13.6. The van der Waals surface area contributed by atoms with Gasteiger partial charge in [0, 0.05) is 5.56 Å². The lowest BCUT2D eigenvalue weighted by atomic mass is 10.1. The van der Waals surface area contributed by atoms with Crippen molar-refractivity contribution in [1.29, 1.82) is 0 Å². The van der Waals surface area contributed by atoms with E-state index in [1.54, 1.807) is 30.3 Å². The molecule has 2 rings (SSSR count). The second-order valence-corrected chi connectivity index (χ2v) is 3.82. The predicted octanol–water partition coefficient (Wildman–Crippen LogP) is 2.78. The van der Waals surface area contributed by atoms with E-state index in [2.05, 4.69) is 5.32 Å². The number of aromatic carboxylic acids is 1. The van der Waals surface area contributed by atoms with Gasteiger partial charge in [-0.1, -0.05) is 18.2 Å². The lowest BCUT2D eigenvalue weighted by Gasteiger charge is -2.07. The van der Waals surface area contributed by atoms with E-state index in [0.29, 0.717) is 5.56 Å². The number of halogens is 1. The molecule has 0 bridgehead atoms. The number of amides is 1. The van der Waals surface area contributed by atoms with Gasteiger partial charge in [0.15, 0.2) is 0 Å². The number of carbonyl (C=O) groups is 2. The highest BCUT2D eigenvalue weighted by molar-refractivity contribution is 6.04. The fourth-order valence-electron chi connectivity index (χ4n) is 1.53. The molecule has 4 nitrogen and oxygen atoms in total. The molecule has 0 aliphatic carbocycles. The van der Waals surface area contributed by atoms with E-state index in [0.717, 1.165) is 6.07 Å². The first kappa shape index (κ1) is 12.8. The van der Waals surface area contributed by atoms with Crippen LogP contribution in [0, 0.1) is 5.82 Å². The van der Waals surface area contributed by atoms with Gasteiger partial charge in [0.1, 0.15) is 5.82 Å². The Balaban J connectivity index is 2.20. The van der Waals surface area contributed by atoms with Crippen LogP contribution in [0.3, 0.4) is 0 Å². The van der Waals surface area contributed by atoms with Crippen molar-refractivity contribution in [3.63, 3.8) is 0 Å². The van der Waals surface area contributed by atoms with E-state index in [9.17, 15) is 14.0 Å². The fourth-order valence-corrected chi connectivity index (χ4v) is 1.53. The zero-order valence-electron chi connectivity index (χ0n) is 9.76. The summed E-state index contributed by atoms with van der Waals surface area (Å²) in [5, 5.41) is 11.1. The number of hydrogen-bond acceptors (Lipinski definition) is 2. The standard InChI is InChI=1S/C14H10FNO3/c15-11-8-10(14(18)19)6-7-12(11)16-13(17)9-4-2-1-3-5-9/h1-8H,(H,16,17)(H,18,19). The Bertz CT molecular complexity index is 626. The summed E-state index contributed by atoms with van der Waals surface area (Å²) in [5.41, 5.74) is 0.165.